The summed E-state index contributed by atoms with van der Waals surface area (Å²) < 4.78 is 0. The zero-order valence-electron chi connectivity index (χ0n) is 11.5. The van der Waals surface area contributed by atoms with E-state index in [4.69, 9.17) is 18.0 Å². The molecule has 0 saturated carbocycles. The predicted molar refractivity (Wildman–Crippen MR) is 82.3 cm³/mol. The molecule has 98 valence electrons. The first-order chi connectivity index (χ1) is 8.41. The standard InChI is InChI=1S/C15H22N2S/c1-11-5-4-6-12(14(16)18)13(11)17-9-7-15(2,3)8-10-17/h4-6H,7-10H2,1-3H3,(H2,16,18). The molecule has 3 heteroatoms. The number of nitrogens with two attached hydrogens (primary N) is 1. The zero-order valence-corrected chi connectivity index (χ0v) is 12.3. The fourth-order valence-electron chi connectivity index (χ4n) is 2.61. The maximum Gasteiger partial charge on any atom is 0.106 e. The number of para-hydroxylation sites is 1. The summed E-state index contributed by atoms with van der Waals surface area (Å²) in [7, 11) is 0. The van der Waals surface area contributed by atoms with Gasteiger partial charge in [-0.1, -0.05) is 38.2 Å². The molecule has 2 N–H and O–H groups in total. The average molecular weight is 262 g/mol. The molecule has 0 bridgehead atoms. The molecule has 2 nitrogen and oxygen atoms in total. The quantitative estimate of drug-likeness (QED) is 0.830. The molecule has 1 aromatic rings. The number of aryl methyl sites for hydroxylation is 1. The number of thiocarbonyl (C=S) groups is 1. The largest absolute Gasteiger partial charge is 0.389 e. The van der Waals surface area contributed by atoms with Crippen LogP contribution < -0.4 is 10.6 Å². The van der Waals surface area contributed by atoms with Crippen molar-refractivity contribution in [1.29, 1.82) is 0 Å². The van der Waals surface area contributed by atoms with Crippen molar-refractivity contribution in [3.8, 4) is 0 Å². The van der Waals surface area contributed by atoms with Gasteiger partial charge in [0.05, 0.1) is 0 Å². The normalized spacial score (nSPS) is 18.7. The highest BCUT2D eigenvalue weighted by Gasteiger charge is 2.27. The van der Waals surface area contributed by atoms with Crippen LogP contribution in [0, 0.1) is 12.3 Å². The molecule has 1 saturated heterocycles. The van der Waals surface area contributed by atoms with E-state index < -0.39 is 0 Å². The van der Waals surface area contributed by atoms with Crippen molar-refractivity contribution in [2.75, 3.05) is 18.0 Å². The summed E-state index contributed by atoms with van der Waals surface area (Å²) in [6, 6.07) is 6.20. The second-order valence-corrected chi connectivity index (χ2v) is 6.43. The molecular weight excluding hydrogens is 240 g/mol. The second-order valence-electron chi connectivity index (χ2n) is 5.99. The Morgan fingerprint density at radius 2 is 1.89 bits per heavy atom. The van der Waals surface area contributed by atoms with Crippen molar-refractivity contribution >= 4 is 22.9 Å². The first-order valence-corrected chi connectivity index (χ1v) is 6.96. The van der Waals surface area contributed by atoms with Crippen LogP contribution in [0.25, 0.3) is 0 Å². The highest BCUT2D eigenvalue weighted by Crippen LogP contribution is 2.34. The van der Waals surface area contributed by atoms with Crippen LogP contribution in [0.5, 0.6) is 0 Å². The van der Waals surface area contributed by atoms with Crippen LogP contribution in [0.2, 0.25) is 0 Å². The average Bonchev–Trinajstić information content (AvgIpc) is 2.29. The number of hydrogen-bond acceptors (Lipinski definition) is 2. The van der Waals surface area contributed by atoms with Gasteiger partial charge in [-0.05, 0) is 36.8 Å². The van der Waals surface area contributed by atoms with Gasteiger partial charge in [0.1, 0.15) is 4.99 Å². The molecule has 1 aliphatic rings. The van der Waals surface area contributed by atoms with Crippen molar-refractivity contribution in [2.24, 2.45) is 11.1 Å². The Morgan fingerprint density at radius 3 is 2.44 bits per heavy atom. The Bertz CT molecular complexity index is 456. The van der Waals surface area contributed by atoms with Crippen LogP contribution in [0.1, 0.15) is 37.8 Å². The van der Waals surface area contributed by atoms with Gasteiger partial charge in [-0.2, -0.15) is 0 Å². The number of anilines is 1. The number of nitrogens with zero attached hydrogens (tertiary/aromatic N) is 1. The van der Waals surface area contributed by atoms with Crippen molar-refractivity contribution < 1.29 is 0 Å². The Morgan fingerprint density at radius 1 is 1.28 bits per heavy atom. The van der Waals surface area contributed by atoms with E-state index in [9.17, 15) is 0 Å². The monoisotopic (exact) mass is 262 g/mol. The lowest BCUT2D eigenvalue weighted by molar-refractivity contribution is 0.279. The molecule has 0 spiro atoms. The van der Waals surface area contributed by atoms with Crippen LogP contribution in [0.3, 0.4) is 0 Å². The molecule has 0 radical (unpaired) electrons. The number of piperidine rings is 1. The maximum absolute atomic E-state index is 5.85. The molecule has 0 unspecified atom stereocenters. The van der Waals surface area contributed by atoms with Crippen molar-refractivity contribution in [3.63, 3.8) is 0 Å². The highest BCUT2D eigenvalue weighted by molar-refractivity contribution is 7.80. The van der Waals surface area contributed by atoms with Gasteiger partial charge in [0.15, 0.2) is 0 Å². The predicted octanol–water partition coefficient (Wildman–Crippen LogP) is 3.26. The van der Waals surface area contributed by atoms with Crippen molar-refractivity contribution in [3.05, 3.63) is 29.3 Å². The number of hydrogen-bond donors (Lipinski definition) is 1. The molecule has 0 aromatic heterocycles. The minimum Gasteiger partial charge on any atom is -0.389 e. The third-order valence-electron chi connectivity index (χ3n) is 3.94. The molecule has 1 heterocycles. The van der Waals surface area contributed by atoms with Gasteiger partial charge in [-0.25, -0.2) is 0 Å². The fraction of sp³-hybridized carbons (Fsp3) is 0.533. The van der Waals surface area contributed by atoms with E-state index in [0.29, 0.717) is 10.4 Å². The summed E-state index contributed by atoms with van der Waals surface area (Å²) in [5.41, 5.74) is 9.83. The van der Waals surface area contributed by atoms with Crippen LogP contribution in [-0.2, 0) is 0 Å². The molecule has 2 rings (SSSR count). The van der Waals surface area contributed by atoms with E-state index in [0.717, 1.165) is 18.7 Å². The van der Waals surface area contributed by atoms with Crippen LogP contribution in [0.15, 0.2) is 18.2 Å². The van der Waals surface area contributed by atoms with Crippen molar-refractivity contribution in [1.82, 2.24) is 0 Å². The Kier molecular flexibility index (Phi) is 3.62. The van der Waals surface area contributed by atoms with Crippen LogP contribution in [0.4, 0.5) is 5.69 Å². The van der Waals surface area contributed by atoms with Gasteiger partial charge in [-0.3, -0.25) is 0 Å². The van der Waals surface area contributed by atoms with E-state index in [1.165, 1.54) is 24.1 Å². The van der Waals surface area contributed by atoms with E-state index in [1.54, 1.807) is 0 Å². The lowest BCUT2D eigenvalue weighted by Gasteiger charge is -2.39. The summed E-state index contributed by atoms with van der Waals surface area (Å²) in [4.78, 5) is 2.94. The van der Waals surface area contributed by atoms with E-state index in [2.05, 4.69) is 31.7 Å². The van der Waals surface area contributed by atoms with Crippen molar-refractivity contribution in [2.45, 2.75) is 33.6 Å². The SMILES string of the molecule is Cc1cccc(C(N)=S)c1N1CCC(C)(C)CC1. The van der Waals surface area contributed by atoms with Gasteiger partial charge >= 0.3 is 0 Å². The molecule has 1 fully saturated rings. The number of rotatable bonds is 2. The maximum atomic E-state index is 5.85. The number of benzene rings is 1. The summed E-state index contributed by atoms with van der Waals surface area (Å²) in [6.07, 6.45) is 2.44. The van der Waals surface area contributed by atoms with Gasteiger partial charge in [0, 0.05) is 24.3 Å². The lowest BCUT2D eigenvalue weighted by Crippen LogP contribution is -2.38. The molecule has 0 atom stereocenters. The van der Waals surface area contributed by atoms with E-state index >= 15 is 0 Å². The van der Waals surface area contributed by atoms with E-state index in [-0.39, 0.29) is 0 Å². The first-order valence-electron chi connectivity index (χ1n) is 6.55. The fourth-order valence-corrected chi connectivity index (χ4v) is 2.78. The first kappa shape index (κ1) is 13.3. The third kappa shape index (κ3) is 2.66. The second kappa shape index (κ2) is 4.88. The van der Waals surface area contributed by atoms with Gasteiger partial charge in [-0.15, -0.1) is 0 Å². The van der Waals surface area contributed by atoms with Gasteiger partial charge in [0.25, 0.3) is 0 Å². The minimum absolute atomic E-state index is 0.461. The molecular formula is C15H22N2S. The molecule has 1 aromatic carbocycles. The molecule has 18 heavy (non-hydrogen) atoms. The third-order valence-corrected chi connectivity index (χ3v) is 4.16. The smallest absolute Gasteiger partial charge is 0.106 e. The summed E-state index contributed by atoms with van der Waals surface area (Å²) in [5.74, 6) is 0. The summed E-state index contributed by atoms with van der Waals surface area (Å²) >= 11 is 5.17. The molecule has 1 aliphatic heterocycles. The topological polar surface area (TPSA) is 29.3 Å². The van der Waals surface area contributed by atoms with E-state index in [1.807, 2.05) is 12.1 Å². The highest BCUT2D eigenvalue weighted by atomic mass is 32.1. The van der Waals surface area contributed by atoms with Gasteiger partial charge < -0.3 is 10.6 Å². The summed E-state index contributed by atoms with van der Waals surface area (Å²) in [6.45, 7) is 9.01. The Hall–Kier alpha value is -1.09. The van der Waals surface area contributed by atoms with Crippen LogP contribution in [-0.4, -0.2) is 18.1 Å². The zero-order chi connectivity index (χ0) is 13.3. The van der Waals surface area contributed by atoms with Gasteiger partial charge in [0.2, 0.25) is 0 Å². The minimum atomic E-state index is 0.461. The lowest BCUT2D eigenvalue weighted by atomic mass is 9.82. The Balaban J connectivity index is 2.31. The van der Waals surface area contributed by atoms with Crippen LogP contribution >= 0.6 is 12.2 Å². The molecule has 0 aliphatic carbocycles. The molecule has 0 amide bonds. The summed E-state index contributed by atoms with van der Waals surface area (Å²) in [5, 5.41) is 0. The Labute approximate surface area is 115 Å².